The average molecular weight is 455 g/mol. The lowest BCUT2D eigenvalue weighted by Gasteiger charge is -2.12. The zero-order valence-corrected chi connectivity index (χ0v) is 16.8. The number of nitriles is 1. The van der Waals surface area contributed by atoms with Crippen LogP contribution < -0.4 is 9.47 Å². The number of hydrogen-bond donors (Lipinski definition) is 0. The van der Waals surface area contributed by atoms with Gasteiger partial charge in [0.05, 0.1) is 28.9 Å². The van der Waals surface area contributed by atoms with Gasteiger partial charge in [0.25, 0.3) is 0 Å². The molecule has 0 amide bonds. The van der Waals surface area contributed by atoms with E-state index in [1.54, 1.807) is 7.11 Å². The second-order valence-electron chi connectivity index (χ2n) is 5.66. The Hall–Kier alpha value is -2.52. The number of allylic oxidation sites excluding steroid dienone is 1. The molecule has 0 spiro atoms. The summed E-state index contributed by atoms with van der Waals surface area (Å²) < 4.78 is 12.1. The molecule has 0 saturated heterocycles. The second-order valence-corrected chi connectivity index (χ2v) is 6.83. The number of benzene rings is 3. The third-order valence-corrected chi connectivity index (χ3v) is 4.85. The Morgan fingerprint density at radius 1 is 1.15 bits per heavy atom. The van der Waals surface area contributed by atoms with E-state index in [4.69, 9.17) is 9.47 Å². The predicted molar refractivity (Wildman–Crippen MR) is 114 cm³/mol. The maximum absolute atomic E-state index is 9.76. The molecule has 0 aliphatic heterocycles. The molecule has 0 saturated carbocycles. The average Bonchev–Trinajstić information content (AvgIpc) is 2.67. The van der Waals surface area contributed by atoms with Crippen LogP contribution in [-0.2, 0) is 0 Å². The fourth-order valence-corrected chi connectivity index (χ4v) is 3.69. The summed E-state index contributed by atoms with van der Waals surface area (Å²) in [6.07, 6.45) is 1.89. The van der Waals surface area contributed by atoms with E-state index in [1.807, 2.05) is 55.5 Å². The van der Waals surface area contributed by atoms with E-state index < -0.39 is 0 Å². The van der Waals surface area contributed by atoms with Crippen LogP contribution in [0.25, 0.3) is 22.4 Å². The van der Waals surface area contributed by atoms with Crippen LogP contribution in [0.2, 0.25) is 0 Å². The lowest BCUT2D eigenvalue weighted by Crippen LogP contribution is -1.98. The molecule has 130 valence electrons. The summed E-state index contributed by atoms with van der Waals surface area (Å²) in [6, 6.07) is 20.3. The van der Waals surface area contributed by atoms with Gasteiger partial charge in [0.2, 0.25) is 0 Å². The van der Waals surface area contributed by atoms with Gasteiger partial charge in [0, 0.05) is 5.56 Å². The minimum Gasteiger partial charge on any atom is -0.493 e. The van der Waals surface area contributed by atoms with Crippen LogP contribution in [0, 0.1) is 14.9 Å². The molecule has 26 heavy (non-hydrogen) atoms. The SMILES string of the molecule is CCOc1c(I)cc(/C=C(/C#N)c2cccc3ccccc23)cc1OC. The molecule has 0 heterocycles. The first-order valence-electron chi connectivity index (χ1n) is 8.28. The van der Waals surface area contributed by atoms with Crippen molar-refractivity contribution in [2.75, 3.05) is 13.7 Å². The Kier molecular flexibility index (Phi) is 5.79. The molecule has 0 fully saturated rings. The topological polar surface area (TPSA) is 42.2 Å². The monoisotopic (exact) mass is 455 g/mol. The summed E-state index contributed by atoms with van der Waals surface area (Å²) >= 11 is 2.23. The van der Waals surface area contributed by atoms with Crippen LogP contribution in [0.1, 0.15) is 18.1 Å². The highest BCUT2D eigenvalue weighted by atomic mass is 127. The van der Waals surface area contributed by atoms with Gasteiger partial charge in [-0.05, 0) is 64.1 Å². The van der Waals surface area contributed by atoms with E-state index in [0.717, 1.165) is 31.2 Å². The Labute approximate surface area is 167 Å². The smallest absolute Gasteiger partial charge is 0.174 e. The quantitative estimate of drug-likeness (QED) is 0.273. The molecule has 0 unspecified atom stereocenters. The molecule has 0 N–H and O–H groups in total. The summed E-state index contributed by atoms with van der Waals surface area (Å²) in [6.45, 7) is 2.51. The zero-order chi connectivity index (χ0) is 18.5. The fourth-order valence-electron chi connectivity index (χ4n) is 2.90. The number of fused-ring (bicyclic) bond motifs is 1. The maximum atomic E-state index is 9.76. The number of hydrogen-bond acceptors (Lipinski definition) is 3. The van der Waals surface area contributed by atoms with E-state index in [9.17, 15) is 5.26 Å². The van der Waals surface area contributed by atoms with E-state index in [2.05, 4.69) is 40.8 Å². The van der Waals surface area contributed by atoms with Gasteiger partial charge in [0.1, 0.15) is 0 Å². The summed E-state index contributed by atoms with van der Waals surface area (Å²) in [5.41, 5.74) is 2.44. The van der Waals surface area contributed by atoms with E-state index in [0.29, 0.717) is 17.9 Å². The van der Waals surface area contributed by atoms with Crippen molar-refractivity contribution in [3.63, 3.8) is 0 Å². The Bertz CT molecular complexity index is 1010. The summed E-state index contributed by atoms with van der Waals surface area (Å²) in [7, 11) is 1.62. The van der Waals surface area contributed by atoms with Crippen molar-refractivity contribution in [3.8, 4) is 17.6 Å². The van der Waals surface area contributed by atoms with Crippen molar-refractivity contribution in [2.24, 2.45) is 0 Å². The molecular formula is C22H18INO2. The van der Waals surface area contributed by atoms with E-state index >= 15 is 0 Å². The third-order valence-electron chi connectivity index (χ3n) is 4.05. The molecular weight excluding hydrogens is 437 g/mol. The normalized spacial score (nSPS) is 11.2. The van der Waals surface area contributed by atoms with Crippen molar-refractivity contribution in [2.45, 2.75) is 6.92 Å². The predicted octanol–water partition coefficient (Wildman–Crippen LogP) is 5.92. The highest BCUT2D eigenvalue weighted by molar-refractivity contribution is 14.1. The molecule has 0 aliphatic carbocycles. The van der Waals surface area contributed by atoms with E-state index in [-0.39, 0.29) is 0 Å². The first kappa shape index (κ1) is 18.3. The minimum atomic E-state index is 0.570. The van der Waals surface area contributed by atoms with Gasteiger partial charge in [-0.3, -0.25) is 0 Å². The van der Waals surface area contributed by atoms with Gasteiger partial charge in [-0.1, -0.05) is 42.5 Å². The molecule has 3 aromatic carbocycles. The number of nitrogens with zero attached hydrogens (tertiary/aromatic N) is 1. The first-order valence-corrected chi connectivity index (χ1v) is 9.36. The number of methoxy groups -OCH3 is 1. The highest BCUT2D eigenvalue weighted by Gasteiger charge is 2.12. The number of ether oxygens (including phenoxy) is 2. The lowest BCUT2D eigenvalue weighted by atomic mass is 9.97. The van der Waals surface area contributed by atoms with Crippen molar-refractivity contribution < 1.29 is 9.47 Å². The maximum Gasteiger partial charge on any atom is 0.174 e. The summed E-state index contributed by atoms with van der Waals surface area (Å²) in [5, 5.41) is 11.9. The molecule has 0 bridgehead atoms. The summed E-state index contributed by atoms with van der Waals surface area (Å²) in [5.74, 6) is 1.40. The van der Waals surface area contributed by atoms with Crippen LogP contribution in [0.15, 0.2) is 54.6 Å². The Morgan fingerprint density at radius 2 is 1.92 bits per heavy atom. The first-order chi connectivity index (χ1) is 12.7. The Balaban J connectivity index is 2.13. The van der Waals surface area contributed by atoms with Crippen LogP contribution in [0.5, 0.6) is 11.5 Å². The van der Waals surface area contributed by atoms with Gasteiger partial charge >= 0.3 is 0 Å². The van der Waals surface area contributed by atoms with Crippen LogP contribution >= 0.6 is 22.6 Å². The second kappa shape index (κ2) is 8.24. The van der Waals surface area contributed by atoms with Crippen LogP contribution in [0.4, 0.5) is 0 Å². The number of rotatable bonds is 5. The largest absolute Gasteiger partial charge is 0.493 e. The molecule has 3 rings (SSSR count). The van der Waals surface area contributed by atoms with Gasteiger partial charge in [0.15, 0.2) is 11.5 Å². The molecule has 3 nitrogen and oxygen atoms in total. The van der Waals surface area contributed by atoms with Crippen LogP contribution in [0.3, 0.4) is 0 Å². The Morgan fingerprint density at radius 3 is 2.65 bits per heavy atom. The molecule has 4 heteroatoms. The third kappa shape index (κ3) is 3.68. The van der Waals surface area contributed by atoms with Gasteiger partial charge in [-0.15, -0.1) is 0 Å². The van der Waals surface area contributed by atoms with Crippen molar-refractivity contribution in [1.82, 2.24) is 0 Å². The van der Waals surface area contributed by atoms with E-state index in [1.165, 1.54) is 0 Å². The van der Waals surface area contributed by atoms with Gasteiger partial charge in [-0.2, -0.15) is 5.26 Å². The summed E-state index contributed by atoms with van der Waals surface area (Å²) in [4.78, 5) is 0. The standard InChI is InChI=1S/C22H18INO2/c1-3-26-22-20(23)12-15(13-21(22)25-2)11-17(14-24)19-10-6-8-16-7-4-5-9-18(16)19/h4-13H,3H2,1-2H3/b17-11-. The molecule has 0 radical (unpaired) electrons. The lowest BCUT2D eigenvalue weighted by molar-refractivity contribution is 0.308. The fraction of sp³-hybridized carbons (Fsp3) is 0.136. The van der Waals surface area contributed by atoms with Crippen molar-refractivity contribution in [1.29, 1.82) is 5.26 Å². The van der Waals surface area contributed by atoms with Crippen molar-refractivity contribution >= 4 is 45.0 Å². The molecule has 0 atom stereocenters. The molecule has 3 aromatic rings. The number of halogens is 1. The zero-order valence-electron chi connectivity index (χ0n) is 14.6. The molecule has 0 aliphatic rings. The van der Waals surface area contributed by atoms with Crippen molar-refractivity contribution in [3.05, 3.63) is 69.3 Å². The van der Waals surface area contributed by atoms with Gasteiger partial charge in [-0.25, -0.2) is 0 Å². The van der Waals surface area contributed by atoms with Gasteiger partial charge < -0.3 is 9.47 Å². The highest BCUT2D eigenvalue weighted by Crippen LogP contribution is 2.35. The van der Waals surface area contributed by atoms with Crippen LogP contribution in [-0.4, -0.2) is 13.7 Å². The molecule has 0 aromatic heterocycles. The minimum absolute atomic E-state index is 0.570.